The Labute approximate surface area is 157 Å². The molecule has 2 aliphatic heterocycles. The van der Waals surface area contributed by atoms with Gasteiger partial charge in [0.15, 0.2) is 11.5 Å². The molecule has 0 radical (unpaired) electrons. The van der Waals surface area contributed by atoms with Crippen LogP contribution in [-0.2, 0) is 5.41 Å². The third kappa shape index (κ3) is 2.14. The van der Waals surface area contributed by atoms with Crippen LogP contribution in [0.15, 0.2) is 36.4 Å². The number of methoxy groups -OCH3 is 1. The molecular weight excluding hydrogens is 346 g/mol. The quantitative estimate of drug-likeness (QED) is 0.494. The number of likely N-dealkylation sites (N-methyl/N-ethyl adjacent to an activating group) is 1. The third-order valence-electron chi connectivity index (χ3n) is 5.69. The van der Waals surface area contributed by atoms with E-state index in [9.17, 15) is 10.1 Å². The van der Waals surface area contributed by atoms with E-state index in [1.54, 1.807) is 0 Å². The molecule has 2 heterocycles. The SMILES string of the molecule is COc1cc([N+](=O)[O-])cc2c1OC1(C=C2)N(C)c2ccc(N)cc2C1(C)C. The van der Waals surface area contributed by atoms with Gasteiger partial charge >= 0.3 is 0 Å². The second-order valence-electron chi connectivity index (χ2n) is 7.42. The van der Waals surface area contributed by atoms with Crippen LogP contribution in [0.2, 0.25) is 0 Å². The number of rotatable bonds is 2. The first-order valence-corrected chi connectivity index (χ1v) is 8.60. The fourth-order valence-corrected chi connectivity index (χ4v) is 4.15. The van der Waals surface area contributed by atoms with Crippen LogP contribution < -0.4 is 20.1 Å². The Balaban J connectivity index is 1.89. The largest absolute Gasteiger partial charge is 0.493 e. The van der Waals surface area contributed by atoms with Crippen molar-refractivity contribution in [2.45, 2.75) is 25.0 Å². The predicted octanol–water partition coefficient (Wildman–Crippen LogP) is 3.72. The molecule has 1 spiro atoms. The van der Waals surface area contributed by atoms with Crippen LogP contribution in [0.5, 0.6) is 11.5 Å². The number of nitrogens with two attached hydrogens (primary N) is 1. The number of nitro benzene ring substituents is 1. The van der Waals surface area contributed by atoms with Crippen LogP contribution in [0.25, 0.3) is 6.08 Å². The molecule has 0 bridgehead atoms. The molecule has 1 atom stereocenters. The molecule has 2 aromatic carbocycles. The Kier molecular flexibility index (Phi) is 3.43. The van der Waals surface area contributed by atoms with E-state index in [1.165, 1.54) is 19.2 Å². The van der Waals surface area contributed by atoms with Crippen LogP contribution in [0, 0.1) is 10.1 Å². The van der Waals surface area contributed by atoms with Crippen molar-refractivity contribution in [3.8, 4) is 11.5 Å². The van der Waals surface area contributed by atoms with Crippen molar-refractivity contribution in [3.63, 3.8) is 0 Å². The minimum absolute atomic E-state index is 0.0371. The third-order valence-corrected chi connectivity index (χ3v) is 5.69. The first-order valence-electron chi connectivity index (χ1n) is 8.60. The van der Waals surface area contributed by atoms with E-state index in [1.807, 2.05) is 37.4 Å². The van der Waals surface area contributed by atoms with Gasteiger partial charge in [0.25, 0.3) is 5.69 Å². The van der Waals surface area contributed by atoms with Gasteiger partial charge in [-0.1, -0.05) is 0 Å². The van der Waals surface area contributed by atoms with Crippen LogP contribution in [-0.4, -0.2) is 24.8 Å². The fourth-order valence-electron chi connectivity index (χ4n) is 4.15. The molecule has 0 aromatic heterocycles. The van der Waals surface area contributed by atoms with Gasteiger partial charge < -0.3 is 20.1 Å². The molecule has 0 aliphatic carbocycles. The van der Waals surface area contributed by atoms with Crippen LogP contribution >= 0.6 is 0 Å². The van der Waals surface area contributed by atoms with Gasteiger partial charge in [0, 0.05) is 30.1 Å². The lowest BCUT2D eigenvalue weighted by Crippen LogP contribution is -2.58. The molecule has 0 fully saturated rings. The molecule has 0 saturated carbocycles. The zero-order valence-corrected chi connectivity index (χ0v) is 15.6. The summed E-state index contributed by atoms with van der Waals surface area (Å²) in [6, 6.07) is 8.71. The minimum Gasteiger partial charge on any atom is -0.493 e. The highest BCUT2D eigenvalue weighted by Gasteiger charge is 2.58. The number of non-ortho nitro benzene ring substituents is 1. The number of hydrogen-bond acceptors (Lipinski definition) is 6. The minimum atomic E-state index is -0.806. The van der Waals surface area contributed by atoms with Crippen LogP contribution in [0.1, 0.15) is 25.0 Å². The Morgan fingerprint density at radius 1 is 1.26 bits per heavy atom. The Bertz CT molecular complexity index is 999. The van der Waals surface area contributed by atoms with Gasteiger partial charge in [-0.3, -0.25) is 10.1 Å². The van der Waals surface area contributed by atoms with Crippen molar-refractivity contribution >= 4 is 23.1 Å². The zero-order chi connectivity index (χ0) is 19.6. The van der Waals surface area contributed by atoms with Gasteiger partial charge in [0.1, 0.15) is 0 Å². The molecule has 2 N–H and O–H groups in total. The molecule has 4 rings (SSSR count). The van der Waals surface area contributed by atoms with Crippen molar-refractivity contribution in [1.29, 1.82) is 0 Å². The molecule has 0 saturated heterocycles. The lowest BCUT2D eigenvalue weighted by Gasteiger charge is -2.45. The second-order valence-corrected chi connectivity index (χ2v) is 7.42. The number of hydrogen-bond donors (Lipinski definition) is 1. The van der Waals surface area contributed by atoms with Crippen molar-refractivity contribution in [3.05, 3.63) is 57.6 Å². The number of ether oxygens (including phenoxy) is 2. The van der Waals surface area contributed by atoms with Gasteiger partial charge in [-0.15, -0.1) is 0 Å². The zero-order valence-electron chi connectivity index (χ0n) is 15.6. The van der Waals surface area contributed by atoms with Gasteiger partial charge in [0.2, 0.25) is 5.72 Å². The summed E-state index contributed by atoms with van der Waals surface area (Å²) >= 11 is 0. The smallest absolute Gasteiger partial charge is 0.274 e. The first kappa shape index (κ1) is 17.2. The average molecular weight is 367 g/mol. The molecule has 7 heteroatoms. The van der Waals surface area contributed by atoms with E-state index in [-0.39, 0.29) is 5.69 Å². The van der Waals surface area contributed by atoms with Gasteiger partial charge in [-0.2, -0.15) is 0 Å². The molecule has 140 valence electrons. The van der Waals surface area contributed by atoms with E-state index in [0.29, 0.717) is 22.7 Å². The highest BCUT2D eigenvalue weighted by atomic mass is 16.6. The highest BCUT2D eigenvalue weighted by Crippen LogP contribution is 2.56. The first-order chi connectivity index (χ1) is 12.7. The maximum Gasteiger partial charge on any atom is 0.274 e. The summed E-state index contributed by atoms with van der Waals surface area (Å²) in [5, 5.41) is 11.2. The van der Waals surface area contributed by atoms with E-state index in [2.05, 4.69) is 18.7 Å². The van der Waals surface area contributed by atoms with Crippen molar-refractivity contribution < 1.29 is 14.4 Å². The Morgan fingerprint density at radius 3 is 2.67 bits per heavy atom. The number of fused-ring (bicyclic) bond motifs is 2. The lowest BCUT2D eigenvalue weighted by atomic mass is 9.76. The highest BCUT2D eigenvalue weighted by molar-refractivity contribution is 5.76. The molecule has 27 heavy (non-hydrogen) atoms. The summed E-state index contributed by atoms with van der Waals surface area (Å²) in [5.41, 5.74) is 8.18. The molecule has 2 aliphatic rings. The van der Waals surface area contributed by atoms with E-state index in [0.717, 1.165) is 11.3 Å². The summed E-state index contributed by atoms with van der Waals surface area (Å²) < 4.78 is 11.9. The van der Waals surface area contributed by atoms with Gasteiger partial charge in [-0.25, -0.2) is 0 Å². The molecule has 7 nitrogen and oxygen atoms in total. The summed E-state index contributed by atoms with van der Waals surface area (Å²) in [4.78, 5) is 12.8. The van der Waals surface area contributed by atoms with Crippen molar-refractivity contribution in [1.82, 2.24) is 0 Å². The normalized spacial score (nSPS) is 21.6. The van der Waals surface area contributed by atoms with E-state index in [4.69, 9.17) is 15.2 Å². The predicted molar refractivity (Wildman–Crippen MR) is 104 cm³/mol. The lowest BCUT2D eigenvalue weighted by molar-refractivity contribution is -0.385. The summed E-state index contributed by atoms with van der Waals surface area (Å²) in [5.74, 6) is 0.828. The maximum absolute atomic E-state index is 11.2. The number of anilines is 2. The summed E-state index contributed by atoms with van der Waals surface area (Å²) in [7, 11) is 3.45. The Morgan fingerprint density at radius 2 is 2.00 bits per heavy atom. The number of benzene rings is 2. The number of nitrogen functional groups attached to an aromatic ring is 1. The van der Waals surface area contributed by atoms with E-state index >= 15 is 0 Å². The maximum atomic E-state index is 11.2. The molecule has 2 aromatic rings. The van der Waals surface area contributed by atoms with Gasteiger partial charge in [-0.05, 0) is 49.8 Å². The van der Waals surface area contributed by atoms with Gasteiger partial charge in [0.05, 0.1) is 23.5 Å². The average Bonchev–Trinajstić information content (AvgIpc) is 2.79. The summed E-state index contributed by atoms with van der Waals surface area (Å²) in [6.07, 6.45) is 3.82. The number of nitro groups is 1. The molecule has 1 unspecified atom stereocenters. The second kappa shape index (κ2) is 5.39. The fraction of sp³-hybridized carbons (Fsp3) is 0.300. The molecule has 0 amide bonds. The standard InChI is InChI=1S/C20H21N3O4/c1-19(2)15-10-13(21)5-6-16(15)22(3)20(19)8-7-12-9-14(23(24)25)11-17(26-4)18(12)27-20/h5-11H,21H2,1-4H3. The number of nitrogens with zero attached hydrogens (tertiary/aromatic N) is 2. The van der Waals surface area contributed by atoms with Crippen LogP contribution in [0.3, 0.4) is 0 Å². The van der Waals surface area contributed by atoms with Crippen molar-refractivity contribution in [2.24, 2.45) is 0 Å². The Hall–Kier alpha value is -3.22. The van der Waals surface area contributed by atoms with Crippen LogP contribution in [0.4, 0.5) is 17.1 Å². The van der Waals surface area contributed by atoms with Crippen molar-refractivity contribution in [2.75, 3.05) is 24.8 Å². The molecular formula is C20H21N3O4. The topological polar surface area (TPSA) is 90.9 Å². The monoisotopic (exact) mass is 367 g/mol. The van der Waals surface area contributed by atoms with E-state index < -0.39 is 16.1 Å². The summed E-state index contributed by atoms with van der Waals surface area (Å²) in [6.45, 7) is 4.20.